The summed E-state index contributed by atoms with van der Waals surface area (Å²) >= 11 is 2.27. The molecular weight excluding hydrogens is 367 g/mol. The number of halogens is 1. The summed E-state index contributed by atoms with van der Waals surface area (Å²) < 4.78 is 2.96. The Bertz CT molecular complexity index is 703. The van der Waals surface area contributed by atoms with Gasteiger partial charge >= 0.3 is 0 Å². The first-order valence-electron chi connectivity index (χ1n) is 6.31. The van der Waals surface area contributed by atoms with Crippen LogP contribution in [0, 0.1) is 3.70 Å². The lowest BCUT2D eigenvalue weighted by molar-refractivity contribution is 0.552. The summed E-state index contributed by atoms with van der Waals surface area (Å²) in [6, 6.07) is 10.2. The molecule has 0 unspecified atom stereocenters. The zero-order valence-electron chi connectivity index (χ0n) is 10.9. The summed E-state index contributed by atoms with van der Waals surface area (Å²) in [7, 11) is 0. The predicted octanol–water partition coefficient (Wildman–Crippen LogP) is 2.21. The van der Waals surface area contributed by atoms with E-state index in [9.17, 15) is 0 Å². The van der Waals surface area contributed by atoms with Crippen molar-refractivity contribution in [2.75, 3.05) is 0 Å². The maximum Gasteiger partial charge on any atom is 0.209 e. The van der Waals surface area contributed by atoms with E-state index in [1.807, 2.05) is 29.8 Å². The van der Waals surface area contributed by atoms with E-state index in [1.54, 1.807) is 11.0 Å². The van der Waals surface area contributed by atoms with E-state index in [2.05, 4.69) is 55.2 Å². The summed E-state index contributed by atoms with van der Waals surface area (Å²) in [5.41, 5.74) is 2.13. The molecule has 2 aromatic heterocycles. The Labute approximate surface area is 129 Å². The van der Waals surface area contributed by atoms with Crippen LogP contribution in [0.1, 0.15) is 12.5 Å². The van der Waals surface area contributed by atoms with Crippen LogP contribution in [0.4, 0.5) is 0 Å². The number of tetrazole rings is 1. The summed E-state index contributed by atoms with van der Waals surface area (Å²) in [6.07, 6.45) is 1.79. The second kappa shape index (κ2) is 5.70. The number of rotatable bonds is 4. The number of benzene rings is 1. The highest BCUT2D eigenvalue weighted by Crippen LogP contribution is 2.21. The van der Waals surface area contributed by atoms with Crippen LogP contribution in [0.25, 0.3) is 11.4 Å². The maximum atomic E-state index is 4.41. The fourth-order valence-corrected chi connectivity index (χ4v) is 2.55. The van der Waals surface area contributed by atoms with Gasteiger partial charge in [0.25, 0.3) is 0 Å². The standard InChI is InChI=1S/C13H13IN6/c1-2-20-17-13(16-18-20)11-8-15-19(12(11)14)9-10-6-4-3-5-7-10/h3-8H,2,9H2,1H3. The van der Waals surface area contributed by atoms with Gasteiger partial charge in [-0.1, -0.05) is 30.3 Å². The Morgan fingerprint density at radius 2 is 2.00 bits per heavy atom. The molecule has 0 aliphatic carbocycles. The Kier molecular flexibility index (Phi) is 3.77. The molecule has 3 aromatic rings. The third kappa shape index (κ3) is 2.58. The number of hydrogen-bond acceptors (Lipinski definition) is 4. The van der Waals surface area contributed by atoms with Crippen LogP contribution in [0.3, 0.4) is 0 Å². The van der Waals surface area contributed by atoms with Crippen LogP contribution in [0.5, 0.6) is 0 Å². The predicted molar refractivity (Wildman–Crippen MR) is 83.0 cm³/mol. The largest absolute Gasteiger partial charge is 0.254 e. The van der Waals surface area contributed by atoms with Crippen LogP contribution in [0.2, 0.25) is 0 Å². The molecule has 0 spiro atoms. The topological polar surface area (TPSA) is 61.4 Å². The molecule has 7 heteroatoms. The van der Waals surface area contributed by atoms with Gasteiger partial charge in [-0.3, -0.25) is 4.68 Å². The van der Waals surface area contributed by atoms with E-state index in [0.717, 1.165) is 15.8 Å². The third-order valence-electron chi connectivity index (χ3n) is 2.93. The molecule has 102 valence electrons. The Morgan fingerprint density at radius 3 is 2.70 bits per heavy atom. The fourth-order valence-electron chi connectivity index (χ4n) is 1.87. The number of aromatic nitrogens is 6. The minimum atomic E-state index is 0.621. The molecule has 0 aliphatic heterocycles. The van der Waals surface area contributed by atoms with E-state index in [4.69, 9.17) is 0 Å². The molecule has 6 nitrogen and oxygen atoms in total. The molecule has 0 bridgehead atoms. The maximum absolute atomic E-state index is 4.41. The zero-order chi connectivity index (χ0) is 13.9. The van der Waals surface area contributed by atoms with Crippen LogP contribution in [0.15, 0.2) is 36.5 Å². The molecule has 2 heterocycles. The molecule has 1 aromatic carbocycles. The molecule has 0 fully saturated rings. The van der Waals surface area contributed by atoms with E-state index < -0.39 is 0 Å². The number of hydrogen-bond donors (Lipinski definition) is 0. The van der Waals surface area contributed by atoms with Crippen molar-refractivity contribution in [3.63, 3.8) is 0 Å². The van der Waals surface area contributed by atoms with Gasteiger partial charge in [0.2, 0.25) is 5.82 Å². The zero-order valence-corrected chi connectivity index (χ0v) is 13.1. The van der Waals surface area contributed by atoms with Gasteiger partial charge in [-0.2, -0.15) is 9.90 Å². The highest BCUT2D eigenvalue weighted by molar-refractivity contribution is 14.1. The molecular formula is C13H13IN6. The summed E-state index contributed by atoms with van der Waals surface area (Å²) in [6.45, 7) is 3.43. The minimum absolute atomic E-state index is 0.621. The van der Waals surface area contributed by atoms with E-state index in [0.29, 0.717) is 12.4 Å². The average Bonchev–Trinajstić information content (AvgIpc) is 3.08. The van der Waals surface area contributed by atoms with Crippen molar-refractivity contribution in [1.29, 1.82) is 0 Å². The normalized spacial score (nSPS) is 10.9. The van der Waals surface area contributed by atoms with Crippen molar-refractivity contribution in [3.8, 4) is 11.4 Å². The molecule has 0 saturated carbocycles. The molecule has 0 aliphatic rings. The van der Waals surface area contributed by atoms with Crippen molar-refractivity contribution < 1.29 is 0 Å². The van der Waals surface area contributed by atoms with Crippen LogP contribution in [-0.4, -0.2) is 30.0 Å². The van der Waals surface area contributed by atoms with Crippen molar-refractivity contribution in [1.82, 2.24) is 30.0 Å². The van der Waals surface area contributed by atoms with Crippen molar-refractivity contribution in [3.05, 3.63) is 45.8 Å². The number of nitrogens with zero attached hydrogens (tertiary/aromatic N) is 6. The van der Waals surface area contributed by atoms with Crippen molar-refractivity contribution in [2.24, 2.45) is 0 Å². The smallest absolute Gasteiger partial charge is 0.209 e. The summed E-state index contributed by atoms with van der Waals surface area (Å²) in [5.74, 6) is 0.621. The van der Waals surface area contributed by atoms with Crippen molar-refractivity contribution >= 4 is 22.6 Å². The lowest BCUT2D eigenvalue weighted by Gasteiger charge is -2.03. The SMILES string of the molecule is CCn1nnc(-c2cnn(Cc3ccccc3)c2I)n1. The molecule has 0 radical (unpaired) electrons. The Balaban J connectivity index is 1.88. The second-order valence-electron chi connectivity index (χ2n) is 4.29. The average molecular weight is 380 g/mol. The van der Waals surface area contributed by atoms with Crippen LogP contribution in [-0.2, 0) is 13.1 Å². The van der Waals surface area contributed by atoms with Gasteiger partial charge in [-0.05, 0) is 40.3 Å². The van der Waals surface area contributed by atoms with E-state index in [-0.39, 0.29) is 0 Å². The van der Waals surface area contributed by atoms with Crippen molar-refractivity contribution in [2.45, 2.75) is 20.0 Å². The minimum Gasteiger partial charge on any atom is -0.254 e. The Morgan fingerprint density at radius 1 is 1.20 bits per heavy atom. The van der Waals surface area contributed by atoms with Gasteiger partial charge in [-0.15, -0.1) is 10.2 Å². The van der Waals surface area contributed by atoms with E-state index >= 15 is 0 Å². The summed E-state index contributed by atoms with van der Waals surface area (Å²) in [4.78, 5) is 1.57. The lowest BCUT2D eigenvalue weighted by Crippen LogP contribution is -2.03. The first-order valence-corrected chi connectivity index (χ1v) is 7.39. The summed E-state index contributed by atoms with van der Waals surface area (Å²) in [5, 5.41) is 16.8. The molecule has 0 amide bonds. The number of aryl methyl sites for hydroxylation is 1. The molecule has 0 saturated heterocycles. The van der Waals surface area contributed by atoms with Gasteiger partial charge in [0.05, 0.1) is 24.8 Å². The second-order valence-corrected chi connectivity index (χ2v) is 5.32. The fraction of sp³-hybridized carbons (Fsp3) is 0.231. The van der Waals surface area contributed by atoms with Crippen LogP contribution >= 0.6 is 22.6 Å². The first-order chi connectivity index (χ1) is 9.78. The first kappa shape index (κ1) is 13.2. The van der Waals surface area contributed by atoms with Gasteiger partial charge in [0, 0.05) is 0 Å². The molecule has 0 atom stereocenters. The highest BCUT2D eigenvalue weighted by atomic mass is 127. The molecule has 3 rings (SSSR count). The molecule has 0 N–H and O–H groups in total. The van der Waals surface area contributed by atoms with Gasteiger partial charge in [0.1, 0.15) is 3.70 Å². The van der Waals surface area contributed by atoms with Gasteiger partial charge in [0.15, 0.2) is 0 Å². The van der Waals surface area contributed by atoms with Gasteiger partial charge < -0.3 is 0 Å². The van der Waals surface area contributed by atoms with E-state index in [1.165, 1.54) is 5.56 Å². The monoisotopic (exact) mass is 380 g/mol. The third-order valence-corrected chi connectivity index (χ3v) is 4.06. The quantitative estimate of drug-likeness (QED) is 0.652. The van der Waals surface area contributed by atoms with Gasteiger partial charge in [-0.25, -0.2) is 0 Å². The van der Waals surface area contributed by atoms with Crippen LogP contribution < -0.4 is 0 Å². The lowest BCUT2D eigenvalue weighted by atomic mass is 10.2. The Hall–Kier alpha value is -1.77. The molecule has 20 heavy (non-hydrogen) atoms. The highest BCUT2D eigenvalue weighted by Gasteiger charge is 2.14.